The zero-order valence-electron chi connectivity index (χ0n) is 5.80. The maximum absolute atomic E-state index is 9.39. The van der Waals surface area contributed by atoms with E-state index in [4.69, 9.17) is 0 Å². The zero-order chi connectivity index (χ0) is 6.91. The third-order valence-electron chi connectivity index (χ3n) is 2.13. The normalized spacial score (nSPS) is 45.0. The van der Waals surface area contributed by atoms with Gasteiger partial charge in [-0.25, -0.2) is 0 Å². The van der Waals surface area contributed by atoms with Crippen LogP contribution in [0.4, 0.5) is 0 Å². The summed E-state index contributed by atoms with van der Waals surface area (Å²) in [6, 6.07) is 0. The standard InChI is InChI=1S/C7H14O2/c1-7(9)5-3-2-4-6(7)8/h6,8-9H,2-5H2,1H3/t6-,7-/m1/s1. The SMILES string of the molecule is C[C@@]1(O)CCCC[C@H]1O. The van der Waals surface area contributed by atoms with Crippen molar-refractivity contribution in [1.82, 2.24) is 0 Å². The van der Waals surface area contributed by atoms with Crippen LogP contribution in [0.25, 0.3) is 0 Å². The summed E-state index contributed by atoms with van der Waals surface area (Å²) < 4.78 is 0. The number of aliphatic hydroxyl groups excluding tert-OH is 1. The van der Waals surface area contributed by atoms with Crippen molar-refractivity contribution in [2.45, 2.75) is 44.3 Å². The summed E-state index contributed by atoms with van der Waals surface area (Å²) >= 11 is 0. The average molecular weight is 130 g/mol. The lowest BCUT2D eigenvalue weighted by Gasteiger charge is -2.33. The average Bonchev–Trinajstić information content (AvgIpc) is 1.77. The molecule has 1 aliphatic rings. The second-order valence-electron chi connectivity index (χ2n) is 3.12. The molecule has 1 fully saturated rings. The van der Waals surface area contributed by atoms with Crippen LogP contribution in [0.1, 0.15) is 32.6 Å². The van der Waals surface area contributed by atoms with Gasteiger partial charge in [-0.05, 0) is 19.8 Å². The molecular weight excluding hydrogens is 116 g/mol. The highest BCUT2D eigenvalue weighted by Crippen LogP contribution is 2.27. The van der Waals surface area contributed by atoms with Gasteiger partial charge >= 0.3 is 0 Å². The van der Waals surface area contributed by atoms with Crippen LogP contribution in [0, 0.1) is 0 Å². The van der Waals surface area contributed by atoms with Gasteiger partial charge in [0.05, 0.1) is 11.7 Å². The van der Waals surface area contributed by atoms with Crippen LogP contribution in [0.5, 0.6) is 0 Å². The third kappa shape index (κ3) is 1.43. The third-order valence-corrected chi connectivity index (χ3v) is 2.13. The maximum atomic E-state index is 9.39. The van der Waals surface area contributed by atoms with Crippen molar-refractivity contribution >= 4 is 0 Å². The van der Waals surface area contributed by atoms with Gasteiger partial charge in [0.2, 0.25) is 0 Å². The van der Waals surface area contributed by atoms with Gasteiger partial charge in [0.15, 0.2) is 0 Å². The van der Waals surface area contributed by atoms with Crippen molar-refractivity contribution in [3.05, 3.63) is 0 Å². The Morgan fingerprint density at radius 2 is 2.11 bits per heavy atom. The molecule has 1 saturated carbocycles. The molecule has 54 valence electrons. The van der Waals surface area contributed by atoms with Gasteiger partial charge in [-0.1, -0.05) is 12.8 Å². The van der Waals surface area contributed by atoms with E-state index in [1.807, 2.05) is 0 Å². The molecule has 0 amide bonds. The fraction of sp³-hybridized carbons (Fsp3) is 1.00. The molecule has 2 nitrogen and oxygen atoms in total. The van der Waals surface area contributed by atoms with E-state index in [2.05, 4.69) is 0 Å². The van der Waals surface area contributed by atoms with Crippen molar-refractivity contribution in [2.24, 2.45) is 0 Å². The lowest BCUT2D eigenvalue weighted by Crippen LogP contribution is -2.41. The molecule has 0 aromatic rings. The van der Waals surface area contributed by atoms with Crippen molar-refractivity contribution in [3.63, 3.8) is 0 Å². The Kier molecular flexibility index (Phi) is 1.78. The van der Waals surface area contributed by atoms with Gasteiger partial charge in [-0.2, -0.15) is 0 Å². The molecule has 0 aromatic heterocycles. The highest BCUT2D eigenvalue weighted by molar-refractivity contribution is 4.85. The molecule has 0 aromatic carbocycles. The van der Waals surface area contributed by atoms with Gasteiger partial charge < -0.3 is 10.2 Å². The molecule has 0 saturated heterocycles. The summed E-state index contributed by atoms with van der Waals surface area (Å²) in [6.45, 7) is 1.71. The molecule has 0 bridgehead atoms. The monoisotopic (exact) mass is 130 g/mol. The minimum Gasteiger partial charge on any atom is -0.390 e. The number of hydrogen-bond acceptors (Lipinski definition) is 2. The predicted molar refractivity (Wildman–Crippen MR) is 35.1 cm³/mol. The van der Waals surface area contributed by atoms with Crippen LogP contribution >= 0.6 is 0 Å². The van der Waals surface area contributed by atoms with Gasteiger partial charge in [-0.3, -0.25) is 0 Å². The Hall–Kier alpha value is -0.0800. The summed E-state index contributed by atoms with van der Waals surface area (Å²) in [5.41, 5.74) is -0.807. The Bertz CT molecular complexity index is 99.1. The Balaban J connectivity index is 2.49. The fourth-order valence-corrected chi connectivity index (χ4v) is 1.30. The van der Waals surface area contributed by atoms with Gasteiger partial charge in [0.25, 0.3) is 0 Å². The lowest BCUT2D eigenvalue weighted by atomic mass is 9.84. The topological polar surface area (TPSA) is 40.5 Å². The quantitative estimate of drug-likeness (QED) is 0.506. The van der Waals surface area contributed by atoms with Crippen molar-refractivity contribution in [3.8, 4) is 0 Å². The van der Waals surface area contributed by atoms with Crippen molar-refractivity contribution in [2.75, 3.05) is 0 Å². The Labute approximate surface area is 55.5 Å². The molecule has 2 N–H and O–H groups in total. The maximum Gasteiger partial charge on any atom is 0.0877 e. The minimum absolute atomic E-state index is 0.494. The van der Waals surface area contributed by atoms with E-state index in [1.165, 1.54) is 0 Å². The Morgan fingerprint density at radius 3 is 2.44 bits per heavy atom. The predicted octanol–water partition coefficient (Wildman–Crippen LogP) is 0.672. The molecular formula is C7H14O2. The lowest BCUT2D eigenvalue weighted by molar-refractivity contribution is -0.0863. The summed E-state index contributed by atoms with van der Waals surface area (Å²) in [5.74, 6) is 0. The molecule has 0 aliphatic heterocycles. The van der Waals surface area contributed by atoms with Gasteiger partial charge in [0, 0.05) is 0 Å². The zero-order valence-corrected chi connectivity index (χ0v) is 5.80. The fourth-order valence-electron chi connectivity index (χ4n) is 1.30. The highest BCUT2D eigenvalue weighted by Gasteiger charge is 2.32. The molecule has 2 atom stereocenters. The van der Waals surface area contributed by atoms with Crippen LogP contribution in [0.15, 0.2) is 0 Å². The van der Waals surface area contributed by atoms with E-state index in [0.717, 1.165) is 25.7 Å². The van der Waals surface area contributed by atoms with E-state index in [9.17, 15) is 10.2 Å². The van der Waals surface area contributed by atoms with E-state index in [-0.39, 0.29) is 0 Å². The smallest absolute Gasteiger partial charge is 0.0877 e. The van der Waals surface area contributed by atoms with Crippen LogP contribution < -0.4 is 0 Å². The molecule has 2 heteroatoms. The van der Waals surface area contributed by atoms with Crippen LogP contribution in [0.3, 0.4) is 0 Å². The van der Waals surface area contributed by atoms with Crippen LogP contribution in [-0.4, -0.2) is 21.9 Å². The number of hydrogen-bond donors (Lipinski definition) is 2. The van der Waals surface area contributed by atoms with E-state index in [1.54, 1.807) is 6.92 Å². The first-order chi connectivity index (χ1) is 4.13. The second-order valence-corrected chi connectivity index (χ2v) is 3.12. The first-order valence-electron chi connectivity index (χ1n) is 3.53. The summed E-state index contributed by atoms with van der Waals surface area (Å²) in [4.78, 5) is 0. The van der Waals surface area contributed by atoms with E-state index < -0.39 is 11.7 Å². The Morgan fingerprint density at radius 1 is 1.44 bits per heavy atom. The molecule has 0 spiro atoms. The molecule has 1 rings (SSSR count). The van der Waals surface area contributed by atoms with Gasteiger partial charge in [0.1, 0.15) is 0 Å². The molecule has 9 heavy (non-hydrogen) atoms. The summed E-state index contributed by atoms with van der Waals surface area (Å²) in [6.07, 6.45) is 3.11. The first kappa shape index (κ1) is 7.03. The second kappa shape index (κ2) is 2.27. The van der Waals surface area contributed by atoms with Gasteiger partial charge in [-0.15, -0.1) is 0 Å². The molecule has 0 unspecified atom stereocenters. The van der Waals surface area contributed by atoms with Crippen LogP contribution in [0.2, 0.25) is 0 Å². The molecule has 0 radical (unpaired) electrons. The number of rotatable bonds is 0. The van der Waals surface area contributed by atoms with Crippen LogP contribution in [-0.2, 0) is 0 Å². The highest BCUT2D eigenvalue weighted by atomic mass is 16.3. The largest absolute Gasteiger partial charge is 0.390 e. The minimum atomic E-state index is -0.807. The van der Waals surface area contributed by atoms with E-state index in [0.29, 0.717) is 0 Å². The summed E-state index contributed by atoms with van der Waals surface area (Å²) in [7, 11) is 0. The van der Waals surface area contributed by atoms with Crippen molar-refractivity contribution < 1.29 is 10.2 Å². The molecule has 0 heterocycles. The first-order valence-corrected chi connectivity index (χ1v) is 3.53. The van der Waals surface area contributed by atoms with E-state index >= 15 is 0 Å². The number of aliphatic hydroxyl groups is 2. The molecule has 1 aliphatic carbocycles. The summed E-state index contributed by atoms with van der Waals surface area (Å²) in [5, 5.41) is 18.6. The van der Waals surface area contributed by atoms with Crippen molar-refractivity contribution in [1.29, 1.82) is 0 Å².